The van der Waals surface area contributed by atoms with Gasteiger partial charge in [-0.2, -0.15) is 0 Å². The number of hydrogen-bond acceptors (Lipinski definition) is 3. The predicted molar refractivity (Wildman–Crippen MR) is 105 cm³/mol. The summed E-state index contributed by atoms with van der Waals surface area (Å²) in [7, 11) is 0. The van der Waals surface area contributed by atoms with Crippen molar-refractivity contribution in [1.29, 1.82) is 0 Å². The van der Waals surface area contributed by atoms with Crippen molar-refractivity contribution in [2.24, 2.45) is 0 Å². The molecule has 0 aliphatic rings. The molecule has 3 aromatic rings. The summed E-state index contributed by atoms with van der Waals surface area (Å²) in [5.74, 6) is -0.451. The molecule has 0 fully saturated rings. The van der Waals surface area contributed by atoms with Crippen LogP contribution in [-0.4, -0.2) is 17.4 Å². The molecule has 0 unspecified atom stereocenters. The Morgan fingerprint density at radius 3 is 2.52 bits per heavy atom. The number of rotatable bonds is 7. The monoisotopic (exact) mass is 383 g/mol. The minimum atomic E-state index is -0.247. The van der Waals surface area contributed by atoms with E-state index in [0.29, 0.717) is 35.8 Å². The Kier molecular flexibility index (Phi) is 6.39. The summed E-state index contributed by atoms with van der Waals surface area (Å²) in [5.41, 5.74) is 2.74. The standard InChI is InChI=1S/C21H19ClFN3O/c22-17-7-5-15(6-8-17)13-26-21(27)20-10-9-18(14-25-20)24-12-11-16-3-1-2-4-19(16)23/h1-10,14,24H,11-13H2,(H,26,27). The third-order valence-electron chi connectivity index (χ3n) is 4.04. The SMILES string of the molecule is O=C(NCc1ccc(Cl)cc1)c1ccc(NCCc2ccccc2F)cn1. The van der Waals surface area contributed by atoms with E-state index < -0.39 is 0 Å². The van der Waals surface area contributed by atoms with Gasteiger partial charge in [-0.15, -0.1) is 0 Å². The maximum atomic E-state index is 13.6. The number of benzene rings is 2. The van der Waals surface area contributed by atoms with Crippen LogP contribution in [0.25, 0.3) is 0 Å². The zero-order valence-electron chi connectivity index (χ0n) is 14.6. The van der Waals surface area contributed by atoms with E-state index in [2.05, 4.69) is 15.6 Å². The van der Waals surface area contributed by atoms with Crippen molar-refractivity contribution in [3.05, 3.63) is 94.5 Å². The molecule has 1 amide bonds. The van der Waals surface area contributed by atoms with Crippen LogP contribution in [0.5, 0.6) is 0 Å². The van der Waals surface area contributed by atoms with Gasteiger partial charge >= 0.3 is 0 Å². The first-order valence-electron chi connectivity index (χ1n) is 8.58. The molecule has 0 saturated carbocycles. The van der Waals surface area contributed by atoms with Crippen LogP contribution in [0.3, 0.4) is 0 Å². The van der Waals surface area contributed by atoms with E-state index in [-0.39, 0.29) is 11.7 Å². The van der Waals surface area contributed by atoms with Crippen molar-refractivity contribution in [2.45, 2.75) is 13.0 Å². The van der Waals surface area contributed by atoms with Gasteiger partial charge in [0.1, 0.15) is 11.5 Å². The van der Waals surface area contributed by atoms with E-state index in [1.165, 1.54) is 6.07 Å². The fourth-order valence-corrected chi connectivity index (χ4v) is 2.68. The summed E-state index contributed by atoms with van der Waals surface area (Å²) in [4.78, 5) is 16.3. The number of carbonyl (C=O) groups is 1. The highest BCUT2D eigenvalue weighted by Gasteiger charge is 2.07. The molecule has 0 radical (unpaired) electrons. The molecule has 0 aliphatic heterocycles. The molecule has 1 aromatic heterocycles. The first-order chi connectivity index (χ1) is 13.1. The molecular formula is C21H19ClFN3O. The topological polar surface area (TPSA) is 54.0 Å². The number of carbonyl (C=O) groups excluding carboxylic acids is 1. The Labute approximate surface area is 162 Å². The van der Waals surface area contributed by atoms with Crippen LogP contribution in [0, 0.1) is 5.82 Å². The first kappa shape index (κ1) is 18.9. The van der Waals surface area contributed by atoms with Crippen molar-refractivity contribution in [2.75, 3.05) is 11.9 Å². The third kappa shape index (κ3) is 5.53. The molecule has 6 heteroatoms. The Balaban J connectivity index is 1.48. The van der Waals surface area contributed by atoms with E-state index in [9.17, 15) is 9.18 Å². The van der Waals surface area contributed by atoms with Crippen molar-refractivity contribution >= 4 is 23.2 Å². The number of nitrogens with one attached hydrogen (secondary N) is 2. The second-order valence-corrected chi connectivity index (χ2v) is 6.45. The molecule has 138 valence electrons. The molecule has 0 spiro atoms. The lowest BCUT2D eigenvalue weighted by atomic mass is 10.1. The second kappa shape index (κ2) is 9.14. The first-order valence-corrected chi connectivity index (χ1v) is 8.95. The summed E-state index contributed by atoms with van der Waals surface area (Å²) >= 11 is 5.84. The lowest BCUT2D eigenvalue weighted by molar-refractivity contribution is 0.0946. The number of aromatic nitrogens is 1. The fourth-order valence-electron chi connectivity index (χ4n) is 2.55. The van der Waals surface area contributed by atoms with Crippen LogP contribution in [0.2, 0.25) is 5.02 Å². The molecule has 2 N–H and O–H groups in total. The molecule has 27 heavy (non-hydrogen) atoms. The fraction of sp³-hybridized carbons (Fsp3) is 0.143. The van der Waals surface area contributed by atoms with Gasteiger partial charge in [0.2, 0.25) is 0 Å². The highest BCUT2D eigenvalue weighted by atomic mass is 35.5. The molecule has 4 nitrogen and oxygen atoms in total. The molecule has 1 heterocycles. The van der Waals surface area contributed by atoms with Gasteiger partial charge in [-0.05, 0) is 47.9 Å². The van der Waals surface area contributed by atoms with E-state index in [4.69, 9.17) is 11.6 Å². The Morgan fingerprint density at radius 2 is 1.81 bits per heavy atom. The predicted octanol–water partition coefficient (Wildman–Crippen LogP) is 4.46. The van der Waals surface area contributed by atoms with E-state index in [1.807, 2.05) is 18.2 Å². The quantitative estimate of drug-likeness (QED) is 0.633. The van der Waals surface area contributed by atoms with Gasteiger partial charge < -0.3 is 10.6 Å². The summed E-state index contributed by atoms with van der Waals surface area (Å²) in [6.45, 7) is 0.977. The van der Waals surface area contributed by atoms with Crippen molar-refractivity contribution in [1.82, 2.24) is 10.3 Å². The third-order valence-corrected chi connectivity index (χ3v) is 4.30. The largest absolute Gasteiger partial charge is 0.383 e. The normalized spacial score (nSPS) is 10.4. The Morgan fingerprint density at radius 1 is 1.04 bits per heavy atom. The van der Waals surface area contributed by atoms with Crippen LogP contribution in [-0.2, 0) is 13.0 Å². The van der Waals surface area contributed by atoms with Crippen LogP contribution >= 0.6 is 11.6 Å². The summed E-state index contributed by atoms with van der Waals surface area (Å²) in [6, 6.07) is 17.4. The average molecular weight is 384 g/mol. The number of hydrogen-bond donors (Lipinski definition) is 2. The molecule has 2 aromatic carbocycles. The molecule has 0 saturated heterocycles. The number of nitrogens with zero attached hydrogens (tertiary/aromatic N) is 1. The van der Waals surface area contributed by atoms with Crippen LogP contribution in [0.1, 0.15) is 21.6 Å². The van der Waals surface area contributed by atoms with Crippen LogP contribution < -0.4 is 10.6 Å². The smallest absolute Gasteiger partial charge is 0.270 e. The van der Waals surface area contributed by atoms with Gasteiger partial charge in [0.25, 0.3) is 5.91 Å². The molecule has 0 atom stereocenters. The van der Waals surface area contributed by atoms with Crippen molar-refractivity contribution in [3.8, 4) is 0 Å². The Bertz CT molecular complexity index is 898. The maximum absolute atomic E-state index is 13.6. The second-order valence-electron chi connectivity index (χ2n) is 6.01. The van der Waals surface area contributed by atoms with Gasteiger partial charge in [0, 0.05) is 18.1 Å². The molecular weight excluding hydrogens is 365 g/mol. The summed E-state index contributed by atoms with van der Waals surface area (Å²) < 4.78 is 13.6. The Hall–Kier alpha value is -2.92. The van der Waals surface area contributed by atoms with Crippen LogP contribution in [0.15, 0.2) is 66.9 Å². The zero-order chi connectivity index (χ0) is 19.1. The minimum absolute atomic E-state index is 0.204. The van der Waals surface area contributed by atoms with Crippen LogP contribution in [0.4, 0.5) is 10.1 Å². The van der Waals surface area contributed by atoms with E-state index >= 15 is 0 Å². The number of pyridine rings is 1. The highest BCUT2D eigenvalue weighted by Crippen LogP contribution is 2.11. The van der Waals surface area contributed by atoms with Gasteiger partial charge in [-0.25, -0.2) is 9.37 Å². The number of anilines is 1. The van der Waals surface area contributed by atoms with Gasteiger partial charge in [0.05, 0.1) is 11.9 Å². The molecule has 3 rings (SSSR count). The van der Waals surface area contributed by atoms with E-state index in [0.717, 1.165) is 11.3 Å². The average Bonchev–Trinajstić information content (AvgIpc) is 2.69. The lowest BCUT2D eigenvalue weighted by Crippen LogP contribution is -2.23. The molecule has 0 aliphatic carbocycles. The lowest BCUT2D eigenvalue weighted by Gasteiger charge is -2.08. The highest BCUT2D eigenvalue weighted by molar-refractivity contribution is 6.30. The van der Waals surface area contributed by atoms with Gasteiger partial charge in [-0.1, -0.05) is 41.9 Å². The number of halogens is 2. The summed E-state index contributed by atoms with van der Waals surface area (Å²) in [6.07, 6.45) is 2.16. The maximum Gasteiger partial charge on any atom is 0.270 e. The van der Waals surface area contributed by atoms with Crippen molar-refractivity contribution in [3.63, 3.8) is 0 Å². The van der Waals surface area contributed by atoms with E-state index in [1.54, 1.807) is 42.6 Å². The van der Waals surface area contributed by atoms with Gasteiger partial charge in [0.15, 0.2) is 0 Å². The van der Waals surface area contributed by atoms with Gasteiger partial charge in [-0.3, -0.25) is 4.79 Å². The number of amides is 1. The summed E-state index contributed by atoms with van der Waals surface area (Å²) in [5, 5.41) is 6.65. The molecule has 0 bridgehead atoms. The zero-order valence-corrected chi connectivity index (χ0v) is 15.3. The van der Waals surface area contributed by atoms with Crippen molar-refractivity contribution < 1.29 is 9.18 Å². The minimum Gasteiger partial charge on any atom is -0.383 e.